The Labute approximate surface area is 161 Å². The van der Waals surface area contributed by atoms with Crippen molar-refractivity contribution in [3.8, 4) is 22.1 Å². The molecule has 1 aromatic carbocycles. The minimum absolute atomic E-state index is 0.113. The first-order chi connectivity index (χ1) is 13.1. The molecule has 3 aromatic rings. The van der Waals surface area contributed by atoms with E-state index in [9.17, 15) is 21.6 Å². The minimum atomic E-state index is -4.68. The third-order valence-corrected chi connectivity index (χ3v) is 6.50. The van der Waals surface area contributed by atoms with E-state index >= 15 is 0 Å². The van der Waals surface area contributed by atoms with E-state index in [-0.39, 0.29) is 26.2 Å². The number of benzene rings is 1. The van der Waals surface area contributed by atoms with Crippen LogP contribution in [0.1, 0.15) is 5.76 Å². The van der Waals surface area contributed by atoms with Gasteiger partial charge in [0.05, 0.1) is 24.8 Å². The highest BCUT2D eigenvalue weighted by Crippen LogP contribution is 2.37. The fourth-order valence-corrected chi connectivity index (χ4v) is 4.54. The number of halogens is 3. The topological polar surface area (TPSA) is 90.7 Å². The average molecular weight is 434 g/mol. The van der Waals surface area contributed by atoms with Crippen LogP contribution in [0.2, 0.25) is 0 Å². The summed E-state index contributed by atoms with van der Waals surface area (Å²) in [6.07, 6.45) is -4.68. The van der Waals surface area contributed by atoms with Gasteiger partial charge in [-0.15, -0.1) is 11.3 Å². The monoisotopic (exact) mass is 434 g/mol. The Morgan fingerprint density at radius 1 is 1.11 bits per heavy atom. The molecule has 150 valence electrons. The van der Waals surface area contributed by atoms with E-state index in [0.29, 0.717) is 11.8 Å². The van der Waals surface area contributed by atoms with E-state index in [1.807, 2.05) is 0 Å². The maximum Gasteiger partial charge on any atom is 0.452 e. The summed E-state index contributed by atoms with van der Waals surface area (Å²) in [5, 5.41) is 3.35. The van der Waals surface area contributed by atoms with E-state index in [2.05, 4.69) is 14.4 Å². The number of aromatic nitrogens is 1. The first kappa shape index (κ1) is 20.0. The smallest absolute Gasteiger partial charge is 0.452 e. The molecule has 0 fully saturated rings. The third-order valence-electron chi connectivity index (χ3n) is 3.54. The molecule has 0 amide bonds. The van der Waals surface area contributed by atoms with Crippen LogP contribution in [0.15, 0.2) is 45.1 Å². The van der Waals surface area contributed by atoms with Crippen LogP contribution in [-0.2, 0) is 16.2 Å². The lowest BCUT2D eigenvalue weighted by Crippen LogP contribution is -2.12. The number of nitrogens with zero attached hydrogens (tertiary/aromatic N) is 1. The molecule has 0 spiro atoms. The molecule has 3 rings (SSSR count). The molecule has 0 saturated heterocycles. The van der Waals surface area contributed by atoms with Crippen molar-refractivity contribution in [2.24, 2.45) is 0 Å². The fraction of sp³-hybridized carbons (Fsp3) is 0.188. The summed E-state index contributed by atoms with van der Waals surface area (Å²) in [6.45, 7) is 0. The number of hydrogen-bond acceptors (Lipinski definition) is 7. The SMILES string of the molecule is COc1ccc(OC)c(NS(=O)(=O)c2ccc(-c3cc(C(F)(F)F)on3)s2)c1. The van der Waals surface area contributed by atoms with Gasteiger partial charge in [-0.05, 0) is 24.3 Å². The second kappa shape index (κ2) is 7.36. The van der Waals surface area contributed by atoms with Gasteiger partial charge in [0.1, 0.15) is 21.4 Å². The standard InChI is InChI=1S/C16H13F3N2O5S2/c1-24-9-3-4-12(25-2)10(7-9)21-28(22,23)15-6-5-13(27-15)11-8-14(26-20-11)16(17,18)19/h3-8,21H,1-2H3. The van der Waals surface area contributed by atoms with Gasteiger partial charge < -0.3 is 14.0 Å². The van der Waals surface area contributed by atoms with Crippen molar-refractivity contribution in [1.82, 2.24) is 5.16 Å². The first-order valence-electron chi connectivity index (χ1n) is 7.53. The van der Waals surface area contributed by atoms with Crippen LogP contribution in [0.25, 0.3) is 10.6 Å². The summed E-state index contributed by atoms with van der Waals surface area (Å²) in [6, 6.07) is 7.89. The highest BCUT2D eigenvalue weighted by molar-refractivity contribution is 7.94. The summed E-state index contributed by atoms with van der Waals surface area (Å²) in [4.78, 5) is 0.206. The Morgan fingerprint density at radius 2 is 1.86 bits per heavy atom. The largest absolute Gasteiger partial charge is 0.497 e. The van der Waals surface area contributed by atoms with Crippen molar-refractivity contribution in [2.45, 2.75) is 10.4 Å². The van der Waals surface area contributed by atoms with E-state index < -0.39 is 22.0 Å². The van der Waals surface area contributed by atoms with Gasteiger partial charge in [-0.1, -0.05) is 5.16 Å². The Hall–Kier alpha value is -2.73. The molecule has 0 aliphatic heterocycles. The molecule has 0 radical (unpaired) electrons. The van der Waals surface area contributed by atoms with Crippen molar-refractivity contribution in [3.05, 3.63) is 42.2 Å². The number of hydrogen-bond donors (Lipinski definition) is 1. The molecule has 2 aromatic heterocycles. The van der Waals surface area contributed by atoms with Crippen LogP contribution in [0.3, 0.4) is 0 Å². The zero-order valence-corrected chi connectivity index (χ0v) is 16.0. The lowest BCUT2D eigenvalue weighted by molar-refractivity contribution is -0.155. The quantitative estimate of drug-likeness (QED) is 0.624. The number of rotatable bonds is 6. The first-order valence-corrected chi connectivity index (χ1v) is 9.83. The third kappa shape index (κ3) is 4.07. The van der Waals surface area contributed by atoms with Gasteiger partial charge in [-0.3, -0.25) is 4.72 Å². The van der Waals surface area contributed by atoms with E-state index in [1.54, 1.807) is 6.07 Å². The van der Waals surface area contributed by atoms with Crippen molar-refractivity contribution < 1.29 is 35.6 Å². The molecular formula is C16H13F3N2O5S2. The lowest BCUT2D eigenvalue weighted by atomic mass is 10.3. The predicted octanol–water partition coefficient (Wildman–Crippen LogP) is 4.24. The second-order valence-electron chi connectivity index (χ2n) is 5.36. The van der Waals surface area contributed by atoms with Gasteiger partial charge in [0, 0.05) is 12.1 Å². The van der Waals surface area contributed by atoms with Crippen LogP contribution in [0.4, 0.5) is 18.9 Å². The summed E-state index contributed by atoms with van der Waals surface area (Å²) in [5.74, 6) is -0.584. The number of sulfonamides is 1. The summed E-state index contributed by atoms with van der Waals surface area (Å²) in [5.41, 5.74) is 0.0373. The molecule has 0 saturated carbocycles. The fourth-order valence-electron chi connectivity index (χ4n) is 2.22. The number of alkyl halides is 3. The summed E-state index contributed by atoms with van der Waals surface area (Å²) >= 11 is 0.747. The predicted molar refractivity (Wildman–Crippen MR) is 95.2 cm³/mol. The molecule has 0 atom stereocenters. The number of thiophene rings is 1. The van der Waals surface area contributed by atoms with Gasteiger partial charge in [-0.2, -0.15) is 13.2 Å². The molecule has 0 aliphatic rings. The van der Waals surface area contributed by atoms with Crippen LogP contribution in [0.5, 0.6) is 11.5 Å². The van der Waals surface area contributed by atoms with Crippen LogP contribution in [-0.4, -0.2) is 27.8 Å². The number of ether oxygens (including phenoxy) is 2. The minimum Gasteiger partial charge on any atom is -0.497 e. The zero-order chi connectivity index (χ0) is 20.5. The van der Waals surface area contributed by atoms with Crippen molar-refractivity contribution in [3.63, 3.8) is 0 Å². The highest BCUT2D eigenvalue weighted by Gasteiger charge is 2.36. The van der Waals surface area contributed by atoms with E-state index in [1.165, 1.54) is 38.5 Å². The molecule has 7 nitrogen and oxygen atoms in total. The zero-order valence-electron chi connectivity index (χ0n) is 14.4. The van der Waals surface area contributed by atoms with Crippen molar-refractivity contribution in [2.75, 3.05) is 18.9 Å². The van der Waals surface area contributed by atoms with Gasteiger partial charge >= 0.3 is 6.18 Å². The van der Waals surface area contributed by atoms with Gasteiger partial charge in [0.2, 0.25) is 5.76 Å². The van der Waals surface area contributed by atoms with Crippen molar-refractivity contribution >= 4 is 27.0 Å². The Balaban J connectivity index is 1.89. The maximum absolute atomic E-state index is 12.7. The molecule has 12 heteroatoms. The van der Waals surface area contributed by atoms with Crippen LogP contribution >= 0.6 is 11.3 Å². The van der Waals surface area contributed by atoms with Gasteiger partial charge in [0.25, 0.3) is 10.0 Å². The van der Waals surface area contributed by atoms with Crippen LogP contribution in [0, 0.1) is 0 Å². The Morgan fingerprint density at radius 3 is 2.46 bits per heavy atom. The average Bonchev–Trinajstić information content (AvgIpc) is 3.30. The van der Waals surface area contributed by atoms with Gasteiger partial charge in [0.15, 0.2) is 0 Å². The normalized spacial score (nSPS) is 12.0. The van der Waals surface area contributed by atoms with E-state index in [0.717, 1.165) is 11.3 Å². The molecule has 0 aliphatic carbocycles. The highest BCUT2D eigenvalue weighted by atomic mass is 32.2. The number of anilines is 1. The maximum atomic E-state index is 12.7. The second-order valence-corrected chi connectivity index (χ2v) is 8.36. The molecule has 0 bridgehead atoms. The molecule has 0 unspecified atom stereocenters. The Kier molecular flexibility index (Phi) is 5.26. The Bertz CT molecular complexity index is 1090. The summed E-state index contributed by atoms with van der Waals surface area (Å²) < 4.78 is 79.9. The van der Waals surface area contributed by atoms with E-state index in [4.69, 9.17) is 9.47 Å². The number of methoxy groups -OCH3 is 2. The molecule has 1 N–H and O–H groups in total. The molecule has 2 heterocycles. The van der Waals surface area contributed by atoms with Crippen LogP contribution < -0.4 is 14.2 Å². The molecular weight excluding hydrogens is 421 g/mol. The number of nitrogens with one attached hydrogen (secondary N) is 1. The van der Waals surface area contributed by atoms with Gasteiger partial charge in [-0.25, -0.2) is 8.42 Å². The lowest BCUT2D eigenvalue weighted by Gasteiger charge is -2.12. The molecule has 28 heavy (non-hydrogen) atoms. The van der Waals surface area contributed by atoms with Crippen molar-refractivity contribution in [1.29, 1.82) is 0 Å². The summed E-state index contributed by atoms with van der Waals surface area (Å²) in [7, 11) is -1.22.